The second-order valence-corrected chi connectivity index (χ2v) is 8.53. The summed E-state index contributed by atoms with van der Waals surface area (Å²) < 4.78 is 38.6. The summed E-state index contributed by atoms with van der Waals surface area (Å²) in [7, 11) is -3.74. The van der Waals surface area contributed by atoms with Crippen molar-refractivity contribution in [2.24, 2.45) is 0 Å². The highest BCUT2D eigenvalue weighted by atomic mass is 32.2. The average Bonchev–Trinajstić information content (AvgIpc) is 2.59. The molecule has 0 bridgehead atoms. The molecule has 0 aliphatic carbocycles. The van der Waals surface area contributed by atoms with Gasteiger partial charge in [0.25, 0.3) is 0 Å². The number of amides is 1. The molecule has 1 unspecified atom stereocenters. The number of aryl methyl sites for hydroxylation is 2. The van der Waals surface area contributed by atoms with Gasteiger partial charge < -0.3 is 5.32 Å². The van der Waals surface area contributed by atoms with Crippen LogP contribution in [-0.2, 0) is 14.8 Å². The number of anilines is 1. The zero-order valence-corrected chi connectivity index (χ0v) is 16.8. The fraction of sp³-hybridized carbons (Fsp3) is 0.350. The van der Waals surface area contributed by atoms with Gasteiger partial charge in [-0.2, -0.15) is 0 Å². The van der Waals surface area contributed by atoms with Gasteiger partial charge in [-0.3, -0.25) is 9.10 Å². The van der Waals surface area contributed by atoms with Crippen LogP contribution in [-0.4, -0.2) is 27.1 Å². The van der Waals surface area contributed by atoms with E-state index in [2.05, 4.69) is 5.32 Å². The van der Waals surface area contributed by atoms with Gasteiger partial charge in [-0.05, 0) is 55.2 Å². The first-order chi connectivity index (χ1) is 12.6. The summed E-state index contributed by atoms with van der Waals surface area (Å²) in [5, 5.41) is 2.88. The number of carbonyl (C=O) groups is 1. The predicted molar refractivity (Wildman–Crippen MR) is 106 cm³/mol. The van der Waals surface area contributed by atoms with Crippen LogP contribution in [0.4, 0.5) is 10.1 Å². The lowest BCUT2D eigenvalue weighted by atomic mass is 9.99. The molecule has 0 saturated heterocycles. The molecule has 0 aliphatic heterocycles. The number of hydrogen-bond donors (Lipinski definition) is 1. The van der Waals surface area contributed by atoms with Crippen molar-refractivity contribution in [1.29, 1.82) is 0 Å². The van der Waals surface area contributed by atoms with E-state index in [0.29, 0.717) is 6.42 Å². The number of nitrogens with zero attached hydrogens (tertiary/aromatic N) is 1. The van der Waals surface area contributed by atoms with E-state index < -0.39 is 28.3 Å². The molecule has 2 aromatic rings. The number of sulfonamides is 1. The smallest absolute Gasteiger partial charge is 0.241 e. The lowest BCUT2D eigenvalue weighted by Crippen LogP contribution is -2.41. The van der Waals surface area contributed by atoms with E-state index in [1.165, 1.54) is 18.2 Å². The van der Waals surface area contributed by atoms with Crippen LogP contribution >= 0.6 is 0 Å². The van der Waals surface area contributed by atoms with Crippen LogP contribution in [0.2, 0.25) is 0 Å². The van der Waals surface area contributed by atoms with Crippen molar-refractivity contribution in [3.63, 3.8) is 0 Å². The van der Waals surface area contributed by atoms with Crippen LogP contribution in [0.5, 0.6) is 0 Å². The number of benzene rings is 2. The summed E-state index contributed by atoms with van der Waals surface area (Å²) in [5.74, 6) is -1.02. The number of rotatable bonds is 7. The average molecular weight is 392 g/mol. The third-order valence-corrected chi connectivity index (χ3v) is 5.60. The van der Waals surface area contributed by atoms with Gasteiger partial charge in [0, 0.05) is 0 Å². The second kappa shape index (κ2) is 8.52. The fourth-order valence-electron chi connectivity index (χ4n) is 2.80. The topological polar surface area (TPSA) is 66.5 Å². The predicted octanol–water partition coefficient (Wildman–Crippen LogP) is 3.48. The Kier molecular flexibility index (Phi) is 6.59. The monoisotopic (exact) mass is 392 g/mol. The third-order valence-electron chi connectivity index (χ3n) is 4.46. The van der Waals surface area contributed by atoms with E-state index in [-0.39, 0.29) is 11.7 Å². The molecule has 0 aromatic heterocycles. The molecule has 0 fully saturated rings. The van der Waals surface area contributed by atoms with Gasteiger partial charge in [0.15, 0.2) is 0 Å². The zero-order valence-electron chi connectivity index (χ0n) is 16.0. The molecule has 1 N–H and O–H groups in total. The highest BCUT2D eigenvalue weighted by Gasteiger charge is 2.23. The van der Waals surface area contributed by atoms with Crippen molar-refractivity contribution in [2.45, 2.75) is 33.2 Å². The van der Waals surface area contributed by atoms with E-state index in [4.69, 9.17) is 0 Å². The van der Waals surface area contributed by atoms with Crippen LogP contribution in [0, 0.1) is 19.7 Å². The molecular formula is C20H25FN2O3S. The Morgan fingerprint density at radius 2 is 1.85 bits per heavy atom. The molecule has 0 saturated carbocycles. The molecular weight excluding hydrogens is 367 g/mol. The van der Waals surface area contributed by atoms with Crippen molar-refractivity contribution < 1.29 is 17.6 Å². The van der Waals surface area contributed by atoms with E-state index in [1.54, 1.807) is 0 Å². The largest absolute Gasteiger partial charge is 0.348 e. The van der Waals surface area contributed by atoms with Crippen molar-refractivity contribution in [2.75, 3.05) is 17.1 Å². The maximum Gasteiger partial charge on any atom is 0.241 e. The van der Waals surface area contributed by atoms with E-state index in [0.717, 1.165) is 33.3 Å². The molecule has 7 heteroatoms. The number of hydrogen-bond acceptors (Lipinski definition) is 3. The SMILES string of the molecule is CCC(NC(=O)CN(c1cccc(F)c1)S(C)(=O)=O)c1ccc(C)c(C)c1. The Hall–Kier alpha value is -2.41. The quantitative estimate of drug-likeness (QED) is 0.785. The highest BCUT2D eigenvalue weighted by Crippen LogP contribution is 2.21. The molecule has 1 amide bonds. The highest BCUT2D eigenvalue weighted by molar-refractivity contribution is 7.92. The first-order valence-corrected chi connectivity index (χ1v) is 10.6. The normalized spacial score (nSPS) is 12.5. The Labute approximate surface area is 160 Å². The van der Waals surface area contributed by atoms with Crippen LogP contribution in [0.1, 0.15) is 36.1 Å². The molecule has 0 aliphatic rings. The number of halogens is 1. The Morgan fingerprint density at radius 3 is 2.41 bits per heavy atom. The number of carbonyl (C=O) groups excluding carboxylic acids is 1. The number of nitrogens with one attached hydrogen (secondary N) is 1. The summed E-state index contributed by atoms with van der Waals surface area (Å²) in [6, 6.07) is 10.9. The maximum atomic E-state index is 13.5. The lowest BCUT2D eigenvalue weighted by molar-refractivity contribution is -0.120. The second-order valence-electron chi connectivity index (χ2n) is 6.62. The molecule has 2 rings (SSSR count). The fourth-order valence-corrected chi connectivity index (χ4v) is 3.65. The summed E-state index contributed by atoms with van der Waals surface area (Å²) in [4.78, 5) is 12.5. The van der Waals surface area contributed by atoms with Gasteiger partial charge in [0.1, 0.15) is 12.4 Å². The summed E-state index contributed by atoms with van der Waals surface area (Å²) in [6.45, 7) is 5.55. The molecule has 0 radical (unpaired) electrons. The zero-order chi connectivity index (χ0) is 20.2. The Balaban J connectivity index is 2.20. The summed E-state index contributed by atoms with van der Waals surface area (Å²) >= 11 is 0. The van der Waals surface area contributed by atoms with Crippen LogP contribution in [0.3, 0.4) is 0 Å². The maximum absolute atomic E-state index is 13.5. The minimum atomic E-state index is -3.74. The standard InChI is InChI=1S/C20H25FN2O3S/c1-5-19(16-10-9-14(2)15(3)11-16)22-20(24)13-23(27(4,25)26)18-8-6-7-17(21)12-18/h6-12,19H,5,13H2,1-4H3,(H,22,24). The van der Waals surface area contributed by atoms with Crippen molar-refractivity contribution in [3.05, 3.63) is 65.0 Å². The van der Waals surface area contributed by atoms with Gasteiger partial charge >= 0.3 is 0 Å². The summed E-state index contributed by atoms with van der Waals surface area (Å²) in [6.07, 6.45) is 1.65. The van der Waals surface area contributed by atoms with E-state index in [9.17, 15) is 17.6 Å². The van der Waals surface area contributed by atoms with Gasteiger partial charge in [-0.1, -0.05) is 31.2 Å². The third kappa shape index (κ3) is 5.53. The molecule has 27 heavy (non-hydrogen) atoms. The van der Waals surface area contributed by atoms with Gasteiger partial charge in [-0.15, -0.1) is 0 Å². The molecule has 0 heterocycles. The molecule has 1 atom stereocenters. The molecule has 2 aromatic carbocycles. The first kappa shape index (κ1) is 20.9. The lowest BCUT2D eigenvalue weighted by Gasteiger charge is -2.24. The van der Waals surface area contributed by atoms with Gasteiger partial charge in [0.2, 0.25) is 15.9 Å². The van der Waals surface area contributed by atoms with Crippen LogP contribution in [0.25, 0.3) is 0 Å². The van der Waals surface area contributed by atoms with Crippen molar-refractivity contribution >= 4 is 21.6 Å². The first-order valence-electron chi connectivity index (χ1n) is 8.71. The van der Waals surface area contributed by atoms with Crippen LogP contribution < -0.4 is 9.62 Å². The van der Waals surface area contributed by atoms with E-state index in [1.807, 2.05) is 39.0 Å². The van der Waals surface area contributed by atoms with Crippen molar-refractivity contribution in [3.8, 4) is 0 Å². The van der Waals surface area contributed by atoms with Gasteiger partial charge in [-0.25, -0.2) is 12.8 Å². The van der Waals surface area contributed by atoms with Crippen molar-refractivity contribution in [1.82, 2.24) is 5.32 Å². The molecule has 0 spiro atoms. The molecule has 5 nitrogen and oxygen atoms in total. The minimum Gasteiger partial charge on any atom is -0.348 e. The van der Waals surface area contributed by atoms with E-state index >= 15 is 0 Å². The van der Waals surface area contributed by atoms with Crippen LogP contribution in [0.15, 0.2) is 42.5 Å². The van der Waals surface area contributed by atoms with Gasteiger partial charge in [0.05, 0.1) is 18.0 Å². The Bertz CT molecular complexity index is 929. The Morgan fingerprint density at radius 1 is 1.15 bits per heavy atom. The summed E-state index contributed by atoms with van der Waals surface area (Å²) in [5.41, 5.74) is 3.37. The molecule has 146 valence electrons. The minimum absolute atomic E-state index is 0.117.